The number of carbonyl (C=O) groups excluding carboxylic acids is 1. The molecule has 1 unspecified atom stereocenters. The zero-order valence-electron chi connectivity index (χ0n) is 16.0. The number of nitrogens with zero attached hydrogens (tertiary/aromatic N) is 1. The largest absolute Gasteiger partial charge is 0.455 e. The molecule has 1 fully saturated rings. The number of nitrogens with one attached hydrogen (secondary N) is 1. The van der Waals surface area contributed by atoms with Gasteiger partial charge in [0.15, 0.2) is 5.75 Å². The first-order chi connectivity index (χ1) is 14.6. The van der Waals surface area contributed by atoms with Crippen LogP contribution in [0.15, 0.2) is 78.9 Å². The van der Waals surface area contributed by atoms with E-state index in [1.807, 2.05) is 54.6 Å². The fraction of sp³-hybridized carbons (Fsp3) is 0.174. The number of hydrogen-bond donors (Lipinski definition) is 1. The van der Waals surface area contributed by atoms with Crippen molar-refractivity contribution in [2.24, 2.45) is 0 Å². The number of alkyl halides is 2. The number of anilines is 2. The van der Waals surface area contributed by atoms with Crippen LogP contribution in [0.25, 0.3) is 0 Å². The molecule has 1 aliphatic heterocycles. The Balaban J connectivity index is 1.51. The lowest BCUT2D eigenvalue weighted by Gasteiger charge is -2.21. The topological polar surface area (TPSA) is 50.8 Å². The highest BCUT2D eigenvalue weighted by atomic mass is 19.3. The van der Waals surface area contributed by atoms with E-state index in [1.54, 1.807) is 18.2 Å². The maximum atomic E-state index is 13.0. The van der Waals surface area contributed by atoms with Crippen molar-refractivity contribution >= 4 is 17.3 Å². The molecule has 1 amide bonds. The number of para-hydroxylation sites is 5. The zero-order chi connectivity index (χ0) is 20.9. The molecule has 1 aliphatic rings. The predicted molar refractivity (Wildman–Crippen MR) is 110 cm³/mol. The first kappa shape index (κ1) is 19.7. The van der Waals surface area contributed by atoms with Gasteiger partial charge in [0.25, 0.3) is 0 Å². The Morgan fingerprint density at radius 1 is 0.900 bits per heavy atom. The smallest absolute Gasteiger partial charge is 0.387 e. The van der Waals surface area contributed by atoms with Crippen LogP contribution in [-0.2, 0) is 4.79 Å². The lowest BCUT2D eigenvalue weighted by Crippen LogP contribution is -2.33. The summed E-state index contributed by atoms with van der Waals surface area (Å²) in [6.07, 6.45) is 0.515. The molecule has 0 aromatic heterocycles. The predicted octanol–water partition coefficient (Wildman–Crippen LogP) is 5.30. The van der Waals surface area contributed by atoms with Crippen LogP contribution in [0.1, 0.15) is 6.42 Å². The van der Waals surface area contributed by atoms with Crippen molar-refractivity contribution in [3.63, 3.8) is 0 Å². The third-order valence-electron chi connectivity index (χ3n) is 4.77. The summed E-state index contributed by atoms with van der Waals surface area (Å²) in [7, 11) is 0. The molecular weight excluding hydrogens is 390 g/mol. The number of halogens is 2. The maximum absolute atomic E-state index is 13.0. The lowest BCUT2D eigenvalue weighted by molar-refractivity contribution is -0.117. The molecule has 3 aromatic rings. The van der Waals surface area contributed by atoms with Gasteiger partial charge in [-0.2, -0.15) is 8.78 Å². The van der Waals surface area contributed by atoms with Crippen molar-refractivity contribution in [2.45, 2.75) is 19.1 Å². The molecule has 5 nitrogen and oxygen atoms in total. The summed E-state index contributed by atoms with van der Waals surface area (Å²) >= 11 is 0. The van der Waals surface area contributed by atoms with Crippen LogP contribution in [0.2, 0.25) is 0 Å². The lowest BCUT2D eigenvalue weighted by atomic mass is 10.2. The Kier molecular flexibility index (Phi) is 5.79. The van der Waals surface area contributed by atoms with Crippen molar-refractivity contribution in [1.29, 1.82) is 0 Å². The second-order valence-corrected chi connectivity index (χ2v) is 6.73. The van der Waals surface area contributed by atoms with Gasteiger partial charge in [0.1, 0.15) is 17.5 Å². The molecule has 1 atom stereocenters. The fourth-order valence-electron chi connectivity index (χ4n) is 3.41. The summed E-state index contributed by atoms with van der Waals surface area (Å²) in [5, 5.41) is 3.23. The number of rotatable bonds is 7. The average molecular weight is 410 g/mol. The highest BCUT2D eigenvalue weighted by Gasteiger charge is 2.34. The normalized spacial score (nSPS) is 16.0. The Bertz CT molecular complexity index is 1010. The Morgan fingerprint density at radius 3 is 2.33 bits per heavy atom. The maximum Gasteiger partial charge on any atom is 0.387 e. The highest BCUT2D eigenvalue weighted by Crippen LogP contribution is 2.35. The van der Waals surface area contributed by atoms with Crippen molar-refractivity contribution in [3.8, 4) is 17.2 Å². The van der Waals surface area contributed by atoms with Gasteiger partial charge in [-0.25, -0.2) is 0 Å². The number of hydrogen-bond acceptors (Lipinski definition) is 4. The van der Waals surface area contributed by atoms with E-state index in [-0.39, 0.29) is 11.7 Å². The van der Waals surface area contributed by atoms with E-state index in [1.165, 1.54) is 11.0 Å². The van der Waals surface area contributed by atoms with E-state index in [0.717, 1.165) is 0 Å². The average Bonchev–Trinajstić information content (AvgIpc) is 3.10. The zero-order valence-corrected chi connectivity index (χ0v) is 16.0. The van der Waals surface area contributed by atoms with Gasteiger partial charge in [0, 0.05) is 6.54 Å². The summed E-state index contributed by atoms with van der Waals surface area (Å²) < 4.78 is 36.0. The first-order valence-electron chi connectivity index (χ1n) is 9.55. The van der Waals surface area contributed by atoms with Crippen LogP contribution in [0.5, 0.6) is 17.2 Å². The first-order valence-corrected chi connectivity index (χ1v) is 9.55. The fourth-order valence-corrected chi connectivity index (χ4v) is 3.41. The molecule has 0 aliphatic carbocycles. The van der Waals surface area contributed by atoms with Gasteiger partial charge in [0.2, 0.25) is 5.91 Å². The van der Waals surface area contributed by atoms with Crippen LogP contribution in [-0.4, -0.2) is 25.1 Å². The van der Waals surface area contributed by atoms with Gasteiger partial charge in [-0.1, -0.05) is 42.5 Å². The molecule has 3 aromatic carbocycles. The van der Waals surface area contributed by atoms with Crippen LogP contribution >= 0.6 is 0 Å². The minimum Gasteiger partial charge on any atom is -0.455 e. The van der Waals surface area contributed by atoms with Crippen LogP contribution in [0.3, 0.4) is 0 Å². The molecule has 1 N–H and O–H groups in total. The minimum absolute atomic E-state index is 0.0192. The number of benzene rings is 3. The second kappa shape index (κ2) is 8.82. The third kappa shape index (κ3) is 4.35. The van der Waals surface area contributed by atoms with Crippen molar-refractivity contribution < 1.29 is 23.0 Å². The van der Waals surface area contributed by atoms with E-state index >= 15 is 0 Å². The van der Waals surface area contributed by atoms with E-state index in [4.69, 9.17) is 4.74 Å². The summed E-state index contributed by atoms with van der Waals surface area (Å²) in [6.45, 7) is -2.57. The van der Waals surface area contributed by atoms with Gasteiger partial charge >= 0.3 is 6.61 Å². The van der Waals surface area contributed by atoms with E-state index < -0.39 is 12.7 Å². The Hall–Kier alpha value is -3.61. The van der Waals surface area contributed by atoms with E-state index in [0.29, 0.717) is 35.8 Å². The molecule has 7 heteroatoms. The van der Waals surface area contributed by atoms with Crippen molar-refractivity contribution in [3.05, 3.63) is 78.9 Å². The molecule has 1 saturated heterocycles. The number of carbonyl (C=O) groups is 1. The monoisotopic (exact) mass is 410 g/mol. The SMILES string of the molecule is O=C1C(Nc2ccccc2Oc2ccccc2)CCN1c1ccccc1OC(F)F. The quantitative estimate of drug-likeness (QED) is 0.575. The van der Waals surface area contributed by atoms with Gasteiger partial charge in [-0.15, -0.1) is 0 Å². The molecule has 30 heavy (non-hydrogen) atoms. The summed E-state index contributed by atoms with van der Waals surface area (Å²) in [6, 6.07) is 22.5. The van der Waals surface area contributed by atoms with Crippen LogP contribution < -0.4 is 19.7 Å². The Labute approximate surface area is 172 Å². The number of amides is 1. The molecule has 0 saturated carbocycles. The van der Waals surface area contributed by atoms with E-state index in [2.05, 4.69) is 10.1 Å². The minimum atomic E-state index is -2.96. The molecule has 0 spiro atoms. The second-order valence-electron chi connectivity index (χ2n) is 6.73. The summed E-state index contributed by atoms with van der Waals surface area (Å²) in [5.74, 6) is 1.05. The molecule has 0 radical (unpaired) electrons. The van der Waals surface area contributed by atoms with Gasteiger partial charge in [0.05, 0.1) is 11.4 Å². The molecule has 0 bridgehead atoms. The van der Waals surface area contributed by atoms with E-state index in [9.17, 15) is 13.6 Å². The molecule has 154 valence electrons. The Morgan fingerprint density at radius 2 is 1.57 bits per heavy atom. The van der Waals surface area contributed by atoms with Gasteiger partial charge < -0.3 is 19.7 Å². The summed E-state index contributed by atoms with van der Waals surface area (Å²) in [5.41, 5.74) is 1.01. The highest BCUT2D eigenvalue weighted by molar-refractivity contribution is 6.02. The molecule has 4 rings (SSSR count). The molecule has 1 heterocycles. The molecular formula is C23H20F2N2O3. The number of ether oxygens (including phenoxy) is 2. The third-order valence-corrected chi connectivity index (χ3v) is 4.77. The van der Waals surface area contributed by atoms with Crippen LogP contribution in [0, 0.1) is 0 Å². The van der Waals surface area contributed by atoms with Crippen LogP contribution in [0.4, 0.5) is 20.2 Å². The van der Waals surface area contributed by atoms with Crippen molar-refractivity contribution in [2.75, 3.05) is 16.8 Å². The van der Waals surface area contributed by atoms with Gasteiger partial charge in [-0.05, 0) is 42.8 Å². The van der Waals surface area contributed by atoms with Crippen molar-refractivity contribution in [1.82, 2.24) is 0 Å². The summed E-state index contributed by atoms with van der Waals surface area (Å²) in [4.78, 5) is 14.5. The standard InChI is InChI=1S/C23H20F2N2O3/c24-23(25)30-21-13-7-5-11-19(21)27-15-14-18(22(27)28)26-17-10-4-6-12-20(17)29-16-8-2-1-3-9-16/h1-13,18,23,26H,14-15H2. The van der Waals surface area contributed by atoms with Gasteiger partial charge in [-0.3, -0.25) is 4.79 Å².